The van der Waals surface area contributed by atoms with Crippen LogP contribution in [0.2, 0.25) is 0 Å². The molecule has 1 aliphatic heterocycles. The summed E-state index contributed by atoms with van der Waals surface area (Å²) in [5, 5.41) is 7.84. The molecular formula is C18H24N4O5S. The number of urea groups is 1. The second-order valence-electron chi connectivity index (χ2n) is 7.41. The number of nitrogens with zero attached hydrogens (tertiary/aromatic N) is 2. The largest absolute Gasteiger partial charge is 0.337 e. The summed E-state index contributed by atoms with van der Waals surface area (Å²) in [5.74, 6) is -0.719. The molecule has 9 nitrogen and oxygen atoms in total. The maximum atomic E-state index is 12.7. The number of hydrogen-bond acceptors (Lipinski definition) is 5. The summed E-state index contributed by atoms with van der Waals surface area (Å²) < 4.78 is 22.7. The summed E-state index contributed by atoms with van der Waals surface area (Å²) in [6.45, 7) is 1.44. The van der Waals surface area contributed by atoms with Gasteiger partial charge in [-0.2, -0.15) is 0 Å². The minimum Gasteiger partial charge on any atom is -0.337 e. The first-order valence-electron chi connectivity index (χ1n) is 9.08. The van der Waals surface area contributed by atoms with Crippen LogP contribution in [0.4, 0.5) is 4.79 Å². The highest BCUT2D eigenvalue weighted by atomic mass is 32.2. The number of benzene rings is 1. The number of carbonyl (C=O) groups is 3. The zero-order valence-electron chi connectivity index (χ0n) is 15.8. The molecule has 152 valence electrons. The van der Waals surface area contributed by atoms with Crippen molar-refractivity contribution in [2.45, 2.75) is 49.1 Å². The highest BCUT2D eigenvalue weighted by Gasteiger charge is 2.52. The zero-order valence-corrected chi connectivity index (χ0v) is 16.7. The minimum absolute atomic E-state index is 0.0152. The summed E-state index contributed by atoms with van der Waals surface area (Å²) in [6, 6.07) is 4.99. The molecule has 0 unspecified atom stereocenters. The molecule has 0 radical (unpaired) electrons. The van der Waals surface area contributed by atoms with E-state index in [1.165, 1.54) is 17.0 Å². The van der Waals surface area contributed by atoms with Crippen LogP contribution >= 0.6 is 0 Å². The van der Waals surface area contributed by atoms with Gasteiger partial charge in [0, 0.05) is 7.05 Å². The third-order valence-corrected chi connectivity index (χ3v) is 6.59. The van der Waals surface area contributed by atoms with Crippen molar-refractivity contribution in [3.63, 3.8) is 0 Å². The van der Waals surface area contributed by atoms with Crippen LogP contribution in [0.25, 0.3) is 0 Å². The highest BCUT2D eigenvalue weighted by molar-refractivity contribution is 7.89. The average Bonchev–Trinajstić information content (AvgIpc) is 3.20. The van der Waals surface area contributed by atoms with Gasteiger partial charge in [0.25, 0.3) is 5.91 Å². The number of primary sulfonamides is 1. The first-order chi connectivity index (χ1) is 13.0. The van der Waals surface area contributed by atoms with Crippen LogP contribution in [0, 0.1) is 0 Å². The van der Waals surface area contributed by atoms with Crippen LogP contribution in [0.1, 0.15) is 44.2 Å². The first kappa shape index (κ1) is 20.3. The average molecular weight is 408 g/mol. The molecule has 1 aromatic rings. The molecule has 2 aliphatic rings. The van der Waals surface area contributed by atoms with E-state index in [0.717, 1.165) is 17.7 Å². The Labute approximate surface area is 163 Å². The van der Waals surface area contributed by atoms with Crippen molar-refractivity contribution >= 4 is 27.9 Å². The topological polar surface area (TPSA) is 130 Å². The maximum absolute atomic E-state index is 12.7. The van der Waals surface area contributed by atoms with Crippen LogP contribution in [-0.2, 0) is 19.6 Å². The predicted octanol–water partition coefficient (Wildman–Crippen LogP) is 0.718. The third kappa shape index (κ3) is 3.61. The Morgan fingerprint density at radius 2 is 1.82 bits per heavy atom. The van der Waals surface area contributed by atoms with Gasteiger partial charge < -0.3 is 10.2 Å². The zero-order chi connectivity index (χ0) is 20.7. The van der Waals surface area contributed by atoms with Crippen molar-refractivity contribution in [3.05, 3.63) is 29.8 Å². The smallest absolute Gasteiger partial charge is 0.325 e. The number of rotatable bonds is 5. The van der Waals surface area contributed by atoms with Gasteiger partial charge in [-0.05, 0) is 37.5 Å². The Morgan fingerprint density at radius 1 is 1.25 bits per heavy atom. The summed E-state index contributed by atoms with van der Waals surface area (Å²) in [7, 11) is -2.22. The van der Waals surface area contributed by atoms with Crippen molar-refractivity contribution in [2.24, 2.45) is 5.14 Å². The van der Waals surface area contributed by atoms with E-state index < -0.39 is 21.6 Å². The first-order valence-corrected chi connectivity index (χ1v) is 10.6. The Bertz CT molecular complexity index is 906. The maximum Gasteiger partial charge on any atom is 0.325 e. The van der Waals surface area contributed by atoms with Crippen molar-refractivity contribution in [3.8, 4) is 0 Å². The predicted molar refractivity (Wildman–Crippen MR) is 100 cm³/mol. The molecule has 3 N–H and O–H groups in total. The van der Waals surface area contributed by atoms with Gasteiger partial charge in [0.1, 0.15) is 12.1 Å². The van der Waals surface area contributed by atoms with E-state index in [4.69, 9.17) is 5.14 Å². The molecule has 1 saturated heterocycles. The Kier molecular flexibility index (Phi) is 5.20. The molecule has 3 rings (SSSR count). The normalized spacial score (nSPS) is 19.8. The lowest BCUT2D eigenvalue weighted by Crippen LogP contribution is -2.45. The lowest BCUT2D eigenvalue weighted by molar-refractivity contribution is -0.139. The molecule has 1 aromatic carbocycles. The van der Waals surface area contributed by atoms with Crippen LogP contribution in [0.5, 0.6) is 0 Å². The van der Waals surface area contributed by atoms with Crippen LogP contribution < -0.4 is 10.5 Å². The van der Waals surface area contributed by atoms with Gasteiger partial charge in [-0.1, -0.05) is 25.0 Å². The molecule has 1 heterocycles. The monoisotopic (exact) mass is 408 g/mol. The number of sulfonamides is 1. The van der Waals surface area contributed by atoms with E-state index >= 15 is 0 Å². The number of likely N-dealkylation sites (N-methyl/N-ethyl adjacent to an activating group) is 1. The lowest BCUT2D eigenvalue weighted by atomic mass is 9.98. The molecule has 0 bridgehead atoms. The van der Waals surface area contributed by atoms with Gasteiger partial charge in [-0.25, -0.2) is 18.4 Å². The fourth-order valence-corrected chi connectivity index (χ4v) is 4.28. The summed E-state index contributed by atoms with van der Waals surface area (Å²) in [6.07, 6.45) is 2.95. The Hall–Kier alpha value is -2.46. The molecule has 28 heavy (non-hydrogen) atoms. The fraction of sp³-hybridized carbons (Fsp3) is 0.500. The molecule has 0 aromatic heterocycles. The quantitative estimate of drug-likeness (QED) is 0.693. The molecule has 4 amide bonds. The molecule has 10 heteroatoms. The van der Waals surface area contributed by atoms with Gasteiger partial charge in [-0.3, -0.25) is 14.5 Å². The second kappa shape index (κ2) is 7.17. The molecule has 1 aliphatic carbocycles. The van der Waals surface area contributed by atoms with Gasteiger partial charge in [0.05, 0.1) is 10.9 Å². The number of nitrogens with two attached hydrogens (primary N) is 1. The number of nitrogens with one attached hydrogen (secondary N) is 1. The molecule has 1 atom stereocenters. The molecule has 1 saturated carbocycles. The van der Waals surface area contributed by atoms with Crippen molar-refractivity contribution in [2.75, 3.05) is 13.6 Å². The van der Waals surface area contributed by atoms with Gasteiger partial charge in [-0.15, -0.1) is 0 Å². The highest BCUT2D eigenvalue weighted by Crippen LogP contribution is 2.35. The van der Waals surface area contributed by atoms with E-state index in [2.05, 4.69) is 5.32 Å². The van der Waals surface area contributed by atoms with Crippen molar-refractivity contribution in [1.82, 2.24) is 15.1 Å². The van der Waals surface area contributed by atoms with Gasteiger partial charge in [0.2, 0.25) is 15.9 Å². The number of imide groups is 1. The van der Waals surface area contributed by atoms with Gasteiger partial charge >= 0.3 is 6.03 Å². The van der Waals surface area contributed by atoms with Crippen LogP contribution in [0.15, 0.2) is 29.2 Å². The SMILES string of the molecule is C[C@H](c1ccc(S(N)(=O)=O)cc1)N(C)C(=O)CN1C(=O)NC2(CCCC2)C1=O. The number of amides is 4. The van der Waals surface area contributed by atoms with E-state index in [1.807, 2.05) is 0 Å². The summed E-state index contributed by atoms with van der Waals surface area (Å²) >= 11 is 0. The molecule has 2 fully saturated rings. The van der Waals surface area contributed by atoms with E-state index in [0.29, 0.717) is 18.4 Å². The lowest BCUT2D eigenvalue weighted by Gasteiger charge is -2.27. The fourth-order valence-electron chi connectivity index (χ4n) is 3.76. The number of hydrogen-bond donors (Lipinski definition) is 2. The van der Waals surface area contributed by atoms with Crippen LogP contribution in [-0.4, -0.2) is 55.2 Å². The summed E-state index contributed by atoms with van der Waals surface area (Å²) in [5.41, 5.74) is -0.141. The number of carbonyl (C=O) groups excluding carboxylic acids is 3. The molecular weight excluding hydrogens is 384 g/mol. The van der Waals surface area contributed by atoms with Crippen LogP contribution in [0.3, 0.4) is 0 Å². The van der Waals surface area contributed by atoms with Gasteiger partial charge in [0.15, 0.2) is 0 Å². The molecule has 1 spiro atoms. The van der Waals surface area contributed by atoms with E-state index in [-0.39, 0.29) is 29.3 Å². The van der Waals surface area contributed by atoms with Crippen molar-refractivity contribution < 1.29 is 22.8 Å². The Morgan fingerprint density at radius 3 is 2.36 bits per heavy atom. The summed E-state index contributed by atoms with van der Waals surface area (Å²) in [4.78, 5) is 40.0. The standard InChI is InChI=1S/C18H24N4O5S/c1-12(13-5-7-14(8-6-13)28(19,26)27)21(2)15(23)11-22-16(24)18(20-17(22)25)9-3-4-10-18/h5-8,12H,3-4,9-11H2,1-2H3,(H,20,25)(H2,19,26,27)/t12-/m1/s1. The Balaban J connectivity index is 1.69. The third-order valence-electron chi connectivity index (χ3n) is 5.66. The van der Waals surface area contributed by atoms with E-state index in [1.54, 1.807) is 26.1 Å². The second-order valence-corrected chi connectivity index (χ2v) is 8.97. The minimum atomic E-state index is -3.79. The van der Waals surface area contributed by atoms with Crippen molar-refractivity contribution in [1.29, 1.82) is 0 Å². The van der Waals surface area contributed by atoms with E-state index in [9.17, 15) is 22.8 Å².